The Morgan fingerprint density at radius 1 is 0.917 bits per heavy atom. The Labute approximate surface area is 281 Å². The van der Waals surface area contributed by atoms with Gasteiger partial charge < -0.3 is 25.4 Å². The Bertz CT molecular complexity index is 2420. The van der Waals surface area contributed by atoms with Gasteiger partial charge in [-0.1, -0.05) is 29.5 Å². The van der Waals surface area contributed by atoms with Gasteiger partial charge in [-0.25, -0.2) is 26.8 Å². The zero-order chi connectivity index (χ0) is 34.2. The molecule has 0 saturated carbocycles. The highest BCUT2D eigenvalue weighted by molar-refractivity contribution is 7.93. The van der Waals surface area contributed by atoms with Crippen LogP contribution in [0.2, 0.25) is 0 Å². The second-order valence-corrected chi connectivity index (χ2v) is 15.2. The van der Waals surface area contributed by atoms with Crippen molar-refractivity contribution in [2.45, 2.75) is 14.8 Å². The number of carbonyl (C=O) groups is 1. The van der Waals surface area contributed by atoms with Gasteiger partial charge >= 0.3 is 5.97 Å². The lowest BCUT2D eigenvalue weighted by Crippen LogP contribution is -2.38. The van der Waals surface area contributed by atoms with E-state index in [1.807, 2.05) is 0 Å². The SMILES string of the molecule is NC(=S)N(c1ccc(S(=O)(=O)Nc2nnc(S(N)(=O)=O)s2)cc1)c1cc(O)cc2c1C1(OC(=O)c3ccccc31)c1ccc(O)cc1O2. The summed E-state index contributed by atoms with van der Waals surface area (Å²) in [5.41, 5.74) is 6.33. The summed E-state index contributed by atoms with van der Waals surface area (Å²) in [6.07, 6.45) is 0. The molecule has 1 spiro atoms. The van der Waals surface area contributed by atoms with E-state index in [4.69, 9.17) is 32.6 Å². The number of aromatic nitrogens is 2. The predicted molar refractivity (Wildman–Crippen MR) is 175 cm³/mol. The number of nitrogens with zero attached hydrogens (tertiary/aromatic N) is 3. The van der Waals surface area contributed by atoms with Crippen molar-refractivity contribution in [1.82, 2.24) is 10.2 Å². The fourth-order valence-electron chi connectivity index (χ4n) is 5.64. The van der Waals surface area contributed by atoms with Crippen molar-refractivity contribution in [3.8, 4) is 23.0 Å². The number of hydrogen-bond acceptors (Lipinski definition) is 13. The molecule has 1 aromatic heterocycles. The number of nitrogens with one attached hydrogen (secondary N) is 1. The molecule has 0 amide bonds. The Balaban J connectivity index is 1.36. The number of sulfonamides is 2. The highest BCUT2D eigenvalue weighted by atomic mass is 32.2. The molecule has 3 heterocycles. The van der Waals surface area contributed by atoms with Gasteiger partial charge in [-0.05, 0) is 54.7 Å². The maximum Gasteiger partial charge on any atom is 0.340 e. The number of thiocarbonyl (C=S) groups is 1. The van der Waals surface area contributed by atoms with Crippen LogP contribution in [0.15, 0.2) is 88.1 Å². The normalized spacial score (nSPS) is 16.3. The van der Waals surface area contributed by atoms with Crippen LogP contribution in [0.5, 0.6) is 23.0 Å². The minimum atomic E-state index is -4.29. The lowest BCUT2D eigenvalue weighted by Gasteiger charge is -2.39. The summed E-state index contributed by atoms with van der Waals surface area (Å²) >= 11 is 5.88. The number of hydrogen-bond donors (Lipinski definition) is 5. The average Bonchev–Trinajstić information content (AvgIpc) is 3.60. The first-order valence-electron chi connectivity index (χ1n) is 13.5. The molecule has 5 aromatic rings. The predicted octanol–water partition coefficient (Wildman–Crippen LogP) is 3.35. The van der Waals surface area contributed by atoms with Gasteiger partial charge in [-0.3, -0.25) is 9.62 Å². The summed E-state index contributed by atoms with van der Waals surface area (Å²) in [5.74, 6) is -0.796. The molecule has 2 aliphatic heterocycles. The van der Waals surface area contributed by atoms with Crippen molar-refractivity contribution in [3.63, 3.8) is 0 Å². The van der Waals surface area contributed by atoms with Crippen LogP contribution < -0.4 is 25.2 Å². The first-order valence-corrected chi connectivity index (χ1v) is 17.7. The second kappa shape index (κ2) is 10.9. The topological polar surface area (TPSA) is 237 Å². The molecule has 48 heavy (non-hydrogen) atoms. The van der Waals surface area contributed by atoms with Gasteiger partial charge in [0.15, 0.2) is 10.7 Å². The highest BCUT2D eigenvalue weighted by Gasteiger charge is 2.55. The van der Waals surface area contributed by atoms with E-state index in [-0.39, 0.29) is 60.6 Å². The van der Waals surface area contributed by atoms with E-state index in [0.29, 0.717) is 22.5 Å². The van der Waals surface area contributed by atoms with Gasteiger partial charge in [0.25, 0.3) is 20.0 Å². The van der Waals surface area contributed by atoms with Crippen molar-refractivity contribution in [2.24, 2.45) is 10.9 Å². The van der Waals surface area contributed by atoms with E-state index in [2.05, 4.69) is 14.9 Å². The van der Waals surface area contributed by atoms with E-state index < -0.39 is 36.0 Å². The van der Waals surface area contributed by atoms with Gasteiger partial charge in [0, 0.05) is 35.0 Å². The van der Waals surface area contributed by atoms with Crippen molar-refractivity contribution in [2.75, 3.05) is 9.62 Å². The van der Waals surface area contributed by atoms with E-state index in [9.17, 15) is 31.8 Å². The van der Waals surface area contributed by atoms with E-state index in [1.54, 1.807) is 30.3 Å². The molecule has 15 nitrogen and oxygen atoms in total. The summed E-state index contributed by atoms with van der Waals surface area (Å²) in [5, 5.41) is 32.5. The molecule has 1 atom stereocenters. The number of aromatic hydroxyl groups is 2. The van der Waals surface area contributed by atoms with Gasteiger partial charge in [-0.15, -0.1) is 10.2 Å². The number of fused-ring (bicyclic) bond motifs is 6. The highest BCUT2D eigenvalue weighted by Crippen LogP contribution is 2.60. The molecular weight excluding hydrogens is 705 g/mol. The molecule has 7 N–H and O–H groups in total. The van der Waals surface area contributed by atoms with Gasteiger partial charge in [0.2, 0.25) is 9.47 Å². The van der Waals surface area contributed by atoms with Crippen molar-refractivity contribution >= 4 is 71.2 Å². The van der Waals surface area contributed by atoms with Gasteiger partial charge in [0.05, 0.1) is 21.7 Å². The fourth-order valence-corrected chi connectivity index (χ4v) is 8.41. The van der Waals surface area contributed by atoms with Crippen LogP contribution in [0.1, 0.15) is 27.0 Å². The Morgan fingerprint density at radius 3 is 2.31 bits per heavy atom. The number of primary sulfonamides is 1. The summed E-state index contributed by atoms with van der Waals surface area (Å²) in [7, 11) is -8.48. The zero-order valence-electron chi connectivity index (χ0n) is 23.9. The summed E-state index contributed by atoms with van der Waals surface area (Å²) in [6, 6.07) is 19.0. The minimum absolute atomic E-state index is 0.0631. The third-order valence-corrected chi connectivity index (χ3v) is 11.3. The molecule has 0 fully saturated rings. The number of phenols is 2. The Morgan fingerprint density at radius 2 is 1.62 bits per heavy atom. The molecule has 2 aliphatic rings. The third kappa shape index (κ3) is 4.95. The second-order valence-electron chi connectivity index (χ2n) is 10.4. The standard InChI is InChI=1S/C29H20N6O9S4/c30-26(45)35(14-5-8-17(9-6-14)48(41,42)34-27-32-33-28(46-27)47(31,39)40)21-11-16(37)13-23-24(21)29(20-10-7-15(36)12-22(20)43-23)19-4-2-1-3-18(19)25(38)44-29/h1-13,36-37H,(H2,30,45)(H,32,34)(H2,31,39,40). The number of benzene rings is 4. The third-order valence-electron chi connectivity index (χ3n) is 7.49. The van der Waals surface area contributed by atoms with Crippen LogP contribution in [-0.4, -0.2) is 48.3 Å². The largest absolute Gasteiger partial charge is 0.508 e. The minimum Gasteiger partial charge on any atom is -0.508 e. The van der Waals surface area contributed by atoms with Crippen molar-refractivity contribution in [1.29, 1.82) is 0 Å². The molecule has 0 saturated heterocycles. The van der Waals surface area contributed by atoms with E-state index >= 15 is 0 Å². The van der Waals surface area contributed by atoms with Gasteiger partial charge in [-0.2, -0.15) is 0 Å². The van der Waals surface area contributed by atoms with Crippen molar-refractivity contribution < 1.29 is 41.3 Å². The molecular formula is C29H20N6O9S4. The monoisotopic (exact) mass is 724 g/mol. The molecule has 1 unspecified atom stereocenters. The number of ether oxygens (including phenoxy) is 2. The molecule has 4 aromatic carbocycles. The van der Waals surface area contributed by atoms with Crippen LogP contribution in [0.4, 0.5) is 16.5 Å². The molecule has 19 heteroatoms. The van der Waals surface area contributed by atoms with E-state index in [1.165, 1.54) is 53.4 Å². The van der Waals surface area contributed by atoms with Crippen LogP contribution in [0.25, 0.3) is 0 Å². The summed E-state index contributed by atoms with van der Waals surface area (Å²) in [4.78, 5) is 14.5. The Hall–Kier alpha value is -5.34. The quantitative estimate of drug-likeness (QED) is 0.125. The Kier molecular flexibility index (Phi) is 7.07. The van der Waals surface area contributed by atoms with Crippen LogP contribution >= 0.6 is 23.6 Å². The molecule has 0 radical (unpaired) electrons. The zero-order valence-corrected chi connectivity index (χ0v) is 27.2. The number of phenolic OH excluding ortho intramolecular Hbond substituents is 2. The maximum atomic E-state index is 13.4. The van der Waals surface area contributed by atoms with Crippen LogP contribution in [0.3, 0.4) is 0 Å². The number of anilines is 3. The molecule has 244 valence electrons. The summed E-state index contributed by atoms with van der Waals surface area (Å²) < 4.78 is 63.2. The molecule has 7 rings (SSSR count). The smallest absolute Gasteiger partial charge is 0.340 e. The van der Waals surface area contributed by atoms with Crippen LogP contribution in [0, 0.1) is 0 Å². The molecule has 0 aliphatic carbocycles. The maximum absolute atomic E-state index is 13.4. The fraction of sp³-hybridized carbons (Fsp3) is 0.0345. The number of carbonyl (C=O) groups excluding carboxylic acids is 1. The van der Waals surface area contributed by atoms with Gasteiger partial charge in [0.1, 0.15) is 23.0 Å². The van der Waals surface area contributed by atoms with E-state index in [0.717, 1.165) is 0 Å². The summed E-state index contributed by atoms with van der Waals surface area (Å²) in [6.45, 7) is 0. The number of rotatable bonds is 6. The lowest BCUT2D eigenvalue weighted by atomic mass is 9.76. The first-order chi connectivity index (χ1) is 22.7. The lowest BCUT2D eigenvalue weighted by molar-refractivity contribution is 0.0226. The van der Waals surface area contributed by atoms with Crippen LogP contribution in [-0.2, 0) is 30.4 Å². The average molecular weight is 725 g/mol. The van der Waals surface area contributed by atoms with Crippen molar-refractivity contribution in [3.05, 3.63) is 101 Å². The number of nitrogens with two attached hydrogens (primary N) is 2. The molecule has 0 bridgehead atoms. The first kappa shape index (κ1) is 31.3. The number of esters is 1.